The second-order valence-electron chi connectivity index (χ2n) is 4.50. The maximum Gasteiger partial charge on any atom is 0.106 e. The molecular weight excluding hydrogens is 224 g/mol. The third-order valence-corrected chi connectivity index (χ3v) is 3.14. The lowest BCUT2D eigenvalue weighted by molar-refractivity contribution is 0.119. The molecule has 0 aliphatic carbocycles. The van der Waals surface area contributed by atoms with E-state index in [2.05, 4.69) is 48.1 Å². The van der Waals surface area contributed by atoms with Crippen LogP contribution in [0.25, 0.3) is 11.3 Å². The summed E-state index contributed by atoms with van der Waals surface area (Å²) < 4.78 is 5.35. The van der Waals surface area contributed by atoms with Crippen LogP contribution < -0.4 is 0 Å². The highest BCUT2D eigenvalue weighted by Crippen LogP contribution is 2.23. The minimum Gasteiger partial charge on any atom is -0.377 e. The summed E-state index contributed by atoms with van der Waals surface area (Å²) in [5.74, 6) is 1.05. The molecule has 0 saturated carbocycles. The molecule has 1 heterocycles. The number of hydrogen-bond acceptors (Lipinski definition) is 2. The van der Waals surface area contributed by atoms with Crippen molar-refractivity contribution in [1.29, 1.82) is 0 Å². The van der Waals surface area contributed by atoms with E-state index >= 15 is 0 Å². The van der Waals surface area contributed by atoms with E-state index in [0.717, 1.165) is 29.9 Å². The zero-order valence-corrected chi connectivity index (χ0v) is 11.2. The monoisotopic (exact) mass is 244 g/mol. The Morgan fingerprint density at radius 2 is 2.22 bits per heavy atom. The van der Waals surface area contributed by atoms with Crippen molar-refractivity contribution >= 4 is 0 Å². The summed E-state index contributed by atoms with van der Waals surface area (Å²) in [6.45, 7) is 4.21. The summed E-state index contributed by atoms with van der Waals surface area (Å²) in [5.41, 5.74) is 3.41. The van der Waals surface area contributed by atoms with Gasteiger partial charge >= 0.3 is 0 Å². The van der Waals surface area contributed by atoms with Crippen LogP contribution in [0.1, 0.15) is 37.8 Å². The first-order valence-corrected chi connectivity index (χ1v) is 6.41. The molecule has 0 aliphatic rings. The molecule has 3 nitrogen and oxygen atoms in total. The molecule has 96 valence electrons. The number of imidazole rings is 1. The highest BCUT2D eigenvalue weighted by Gasteiger charge is 2.07. The summed E-state index contributed by atoms with van der Waals surface area (Å²) in [7, 11) is 1.73. The van der Waals surface area contributed by atoms with Gasteiger partial charge in [-0.3, -0.25) is 0 Å². The van der Waals surface area contributed by atoms with E-state index in [1.165, 1.54) is 5.56 Å². The molecule has 1 aromatic carbocycles. The number of aryl methyl sites for hydroxylation is 1. The van der Waals surface area contributed by atoms with E-state index in [4.69, 9.17) is 4.74 Å². The molecule has 0 unspecified atom stereocenters. The van der Waals surface area contributed by atoms with Crippen LogP contribution in [0.5, 0.6) is 0 Å². The van der Waals surface area contributed by atoms with Gasteiger partial charge in [-0.05, 0) is 30.5 Å². The molecular formula is C15H20N2O. The van der Waals surface area contributed by atoms with Crippen molar-refractivity contribution < 1.29 is 4.74 Å². The Morgan fingerprint density at radius 3 is 2.94 bits per heavy atom. The van der Waals surface area contributed by atoms with Crippen molar-refractivity contribution in [3.8, 4) is 11.3 Å². The first-order valence-electron chi connectivity index (χ1n) is 6.41. The molecule has 3 heteroatoms. The van der Waals surface area contributed by atoms with Gasteiger partial charge in [-0.15, -0.1) is 0 Å². The zero-order valence-electron chi connectivity index (χ0n) is 11.2. The Kier molecular flexibility index (Phi) is 4.15. The van der Waals surface area contributed by atoms with Crippen LogP contribution in [-0.2, 0) is 11.2 Å². The third kappa shape index (κ3) is 2.79. The fraction of sp³-hybridized carbons (Fsp3) is 0.400. The van der Waals surface area contributed by atoms with Gasteiger partial charge in [-0.2, -0.15) is 0 Å². The summed E-state index contributed by atoms with van der Waals surface area (Å²) in [6, 6.07) is 8.38. The fourth-order valence-corrected chi connectivity index (χ4v) is 1.97. The van der Waals surface area contributed by atoms with Crippen LogP contribution >= 0.6 is 0 Å². The number of hydrogen-bond donors (Lipinski definition) is 1. The van der Waals surface area contributed by atoms with E-state index in [0.29, 0.717) is 0 Å². The normalized spacial score (nSPS) is 12.6. The van der Waals surface area contributed by atoms with E-state index in [1.807, 2.05) is 6.20 Å². The van der Waals surface area contributed by atoms with Gasteiger partial charge in [0.25, 0.3) is 0 Å². The van der Waals surface area contributed by atoms with Gasteiger partial charge in [0, 0.05) is 13.5 Å². The van der Waals surface area contributed by atoms with Crippen LogP contribution in [0.2, 0.25) is 0 Å². The number of nitrogens with zero attached hydrogens (tertiary/aromatic N) is 1. The molecule has 0 fully saturated rings. The molecule has 1 N–H and O–H groups in total. The van der Waals surface area contributed by atoms with Crippen LogP contribution in [0.15, 0.2) is 30.5 Å². The maximum atomic E-state index is 5.35. The number of benzene rings is 1. The second kappa shape index (κ2) is 5.83. The number of aromatic nitrogens is 2. The van der Waals surface area contributed by atoms with Crippen molar-refractivity contribution in [1.82, 2.24) is 9.97 Å². The molecule has 0 bridgehead atoms. The smallest absolute Gasteiger partial charge is 0.106 e. The number of ether oxygens (including phenoxy) is 1. The Labute approximate surface area is 108 Å². The zero-order chi connectivity index (χ0) is 13.0. The van der Waals surface area contributed by atoms with Crippen LogP contribution in [0.4, 0.5) is 0 Å². The van der Waals surface area contributed by atoms with E-state index in [1.54, 1.807) is 7.11 Å². The predicted molar refractivity (Wildman–Crippen MR) is 73.4 cm³/mol. The lowest BCUT2D eigenvalue weighted by Crippen LogP contribution is -1.95. The Hall–Kier alpha value is -1.61. The third-order valence-electron chi connectivity index (χ3n) is 3.14. The van der Waals surface area contributed by atoms with E-state index in [-0.39, 0.29) is 6.10 Å². The SMILES string of the molecule is CCCc1ncc(-c2cccc([C@H](C)OC)c2)[nH]1. The van der Waals surface area contributed by atoms with Crippen LogP contribution in [-0.4, -0.2) is 17.1 Å². The molecule has 2 rings (SSSR count). The molecule has 18 heavy (non-hydrogen) atoms. The van der Waals surface area contributed by atoms with Crippen molar-refractivity contribution in [2.75, 3.05) is 7.11 Å². The van der Waals surface area contributed by atoms with Gasteiger partial charge in [0.1, 0.15) is 5.82 Å². The lowest BCUT2D eigenvalue weighted by Gasteiger charge is -2.10. The van der Waals surface area contributed by atoms with Gasteiger partial charge in [-0.1, -0.05) is 25.1 Å². The lowest BCUT2D eigenvalue weighted by atomic mass is 10.1. The first kappa shape index (κ1) is 12.8. The Bertz CT molecular complexity index is 505. The first-order chi connectivity index (χ1) is 8.74. The van der Waals surface area contributed by atoms with E-state index in [9.17, 15) is 0 Å². The van der Waals surface area contributed by atoms with E-state index < -0.39 is 0 Å². The minimum atomic E-state index is 0.114. The van der Waals surface area contributed by atoms with Crippen LogP contribution in [0.3, 0.4) is 0 Å². The Balaban J connectivity index is 2.26. The molecule has 0 amide bonds. The summed E-state index contributed by atoms with van der Waals surface area (Å²) >= 11 is 0. The highest BCUT2D eigenvalue weighted by atomic mass is 16.5. The second-order valence-corrected chi connectivity index (χ2v) is 4.50. The van der Waals surface area contributed by atoms with Crippen molar-refractivity contribution in [3.05, 3.63) is 41.9 Å². The van der Waals surface area contributed by atoms with Gasteiger partial charge in [0.15, 0.2) is 0 Å². The average molecular weight is 244 g/mol. The summed E-state index contributed by atoms with van der Waals surface area (Å²) in [6.07, 6.45) is 4.12. The highest BCUT2D eigenvalue weighted by molar-refractivity contribution is 5.59. The van der Waals surface area contributed by atoms with Gasteiger partial charge in [0.05, 0.1) is 18.0 Å². The summed E-state index contributed by atoms with van der Waals surface area (Å²) in [5, 5.41) is 0. The number of aromatic amines is 1. The topological polar surface area (TPSA) is 37.9 Å². The molecule has 1 atom stereocenters. The number of methoxy groups -OCH3 is 1. The molecule has 1 aromatic heterocycles. The predicted octanol–water partition coefficient (Wildman–Crippen LogP) is 3.74. The molecule has 0 radical (unpaired) electrons. The van der Waals surface area contributed by atoms with Crippen LogP contribution in [0, 0.1) is 0 Å². The molecule has 2 aromatic rings. The van der Waals surface area contributed by atoms with Gasteiger partial charge in [-0.25, -0.2) is 4.98 Å². The molecule has 0 spiro atoms. The minimum absolute atomic E-state index is 0.114. The summed E-state index contributed by atoms with van der Waals surface area (Å²) in [4.78, 5) is 7.75. The fourth-order valence-electron chi connectivity index (χ4n) is 1.97. The van der Waals surface area contributed by atoms with Gasteiger partial charge < -0.3 is 9.72 Å². The standard InChI is InChI=1S/C15H20N2O/c1-4-6-15-16-10-14(17-15)13-8-5-7-12(9-13)11(2)18-3/h5,7-11H,4,6H2,1-3H3,(H,16,17)/t11-/m0/s1. The largest absolute Gasteiger partial charge is 0.377 e. The number of H-pyrrole nitrogens is 1. The Morgan fingerprint density at radius 1 is 1.39 bits per heavy atom. The van der Waals surface area contributed by atoms with Crippen molar-refractivity contribution in [3.63, 3.8) is 0 Å². The maximum absolute atomic E-state index is 5.35. The van der Waals surface area contributed by atoms with Gasteiger partial charge in [0.2, 0.25) is 0 Å². The van der Waals surface area contributed by atoms with Crippen molar-refractivity contribution in [2.45, 2.75) is 32.8 Å². The quantitative estimate of drug-likeness (QED) is 0.870. The van der Waals surface area contributed by atoms with Crippen molar-refractivity contribution in [2.24, 2.45) is 0 Å². The number of rotatable bonds is 5. The molecule has 0 saturated heterocycles. The number of nitrogens with one attached hydrogen (secondary N) is 1. The molecule has 0 aliphatic heterocycles. The average Bonchev–Trinajstić information content (AvgIpc) is 2.87.